The minimum Gasteiger partial charge on any atom is -0.354 e. The Balaban J connectivity index is 1.53. The standard InChI is InChI=1S/C18H23N3OS/c22-18(20-10-9-17-19-11-13-23-17)16-8-4-5-12-21(16)14-15-6-2-1-3-7-15/h1-3,6-7,11,13,16H,4-5,8-10,12,14H2,(H,20,22)/t16-/m1/s1. The Bertz CT molecular complexity index is 600. The zero-order chi connectivity index (χ0) is 15.9. The Morgan fingerprint density at radius 3 is 2.96 bits per heavy atom. The van der Waals surface area contributed by atoms with E-state index in [2.05, 4.69) is 39.5 Å². The maximum absolute atomic E-state index is 12.6. The van der Waals surface area contributed by atoms with Gasteiger partial charge in [0.05, 0.1) is 11.0 Å². The predicted octanol–water partition coefficient (Wildman–Crippen LogP) is 2.86. The Morgan fingerprint density at radius 2 is 2.17 bits per heavy atom. The summed E-state index contributed by atoms with van der Waals surface area (Å²) in [6.45, 7) is 2.52. The number of benzene rings is 1. The smallest absolute Gasteiger partial charge is 0.237 e. The lowest BCUT2D eigenvalue weighted by Gasteiger charge is -2.34. The minimum absolute atomic E-state index is 0.000232. The van der Waals surface area contributed by atoms with Gasteiger partial charge in [0.15, 0.2) is 0 Å². The second kappa shape index (κ2) is 8.22. The molecule has 0 unspecified atom stereocenters. The average molecular weight is 329 g/mol. The van der Waals surface area contributed by atoms with Gasteiger partial charge in [0, 0.05) is 31.1 Å². The van der Waals surface area contributed by atoms with Crippen molar-refractivity contribution in [3.05, 3.63) is 52.5 Å². The van der Waals surface area contributed by atoms with Gasteiger partial charge in [-0.05, 0) is 24.9 Å². The van der Waals surface area contributed by atoms with E-state index in [-0.39, 0.29) is 11.9 Å². The van der Waals surface area contributed by atoms with Gasteiger partial charge in [0.1, 0.15) is 0 Å². The fourth-order valence-electron chi connectivity index (χ4n) is 3.08. The summed E-state index contributed by atoms with van der Waals surface area (Å²) in [6.07, 6.45) is 5.89. The van der Waals surface area contributed by atoms with Crippen LogP contribution in [-0.4, -0.2) is 34.9 Å². The minimum atomic E-state index is 0.000232. The molecule has 122 valence electrons. The molecular formula is C18H23N3OS. The number of thiazole rings is 1. The summed E-state index contributed by atoms with van der Waals surface area (Å²) in [6, 6.07) is 10.4. The van der Waals surface area contributed by atoms with Gasteiger partial charge in [-0.25, -0.2) is 4.98 Å². The molecule has 1 aromatic carbocycles. The predicted molar refractivity (Wildman–Crippen MR) is 93.3 cm³/mol. The highest BCUT2D eigenvalue weighted by Crippen LogP contribution is 2.20. The van der Waals surface area contributed by atoms with Gasteiger partial charge in [0.25, 0.3) is 0 Å². The van der Waals surface area contributed by atoms with E-state index in [1.165, 1.54) is 12.0 Å². The van der Waals surface area contributed by atoms with Crippen molar-refractivity contribution in [2.24, 2.45) is 0 Å². The van der Waals surface area contributed by atoms with Crippen molar-refractivity contribution in [3.63, 3.8) is 0 Å². The highest BCUT2D eigenvalue weighted by atomic mass is 32.1. The van der Waals surface area contributed by atoms with Gasteiger partial charge in [-0.15, -0.1) is 11.3 Å². The number of carbonyl (C=O) groups excluding carboxylic acids is 1. The van der Waals surface area contributed by atoms with Crippen LogP contribution in [0.4, 0.5) is 0 Å². The second-order valence-electron chi connectivity index (χ2n) is 5.93. The van der Waals surface area contributed by atoms with E-state index in [4.69, 9.17) is 0 Å². The lowest BCUT2D eigenvalue weighted by molar-refractivity contribution is -0.127. The van der Waals surface area contributed by atoms with Gasteiger partial charge >= 0.3 is 0 Å². The molecule has 1 saturated heterocycles. The third-order valence-corrected chi connectivity index (χ3v) is 5.11. The van der Waals surface area contributed by atoms with Crippen molar-refractivity contribution in [2.45, 2.75) is 38.3 Å². The molecular weight excluding hydrogens is 306 g/mol. The zero-order valence-corrected chi connectivity index (χ0v) is 14.1. The first kappa shape index (κ1) is 16.1. The molecule has 0 aliphatic carbocycles. The molecule has 2 aromatic rings. The summed E-state index contributed by atoms with van der Waals surface area (Å²) in [5.41, 5.74) is 1.27. The van der Waals surface area contributed by atoms with E-state index in [0.29, 0.717) is 6.54 Å². The van der Waals surface area contributed by atoms with Crippen LogP contribution in [-0.2, 0) is 17.8 Å². The van der Waals surface area contributed by atoms with Gasteiger partial charge in [0.2, 0.25) is 5.91 Å². The number of rotatable bonds is 6. The summed E-state index contributed by atoms with van der Waals surface area (Å²) in [5.74, 6) is 0.164. The quantitative estimate of drug-likeness (QED) is 0.886. The van der Waals surface area contributed by atoms with Crippen LogP contribution >= 0.6 is 11.3 Å². The second-order valence-corrected chi connectivity index (χ2v) is 6.91. The molecule has 0 radical (unpaired) electrons. The molecule has 4 nitrogen and oxygen atoms in total. The first-order valence-electron chi connectivity index (χ1n) is 8.27. The molecule has 1 aliphatic heterocycles. The molecule has 2 heterocycles. The fraction of sp³-hybridized carbons (Fsp3) is 0.444. The van der Waals surface area contributed by atoms with E-state index < -0.39 is 0 Å². The van der Waals surface area contributed by atoms with Crippen LogP contribution in [0.15, 0.2) is 41.9 Å². The van der Waals surface area contributed by atoms with E-state index in [1.807, 2.05) is 17.6 Å². The Morgan fingerprint density at radius 1 is 1.30 bits per heavy atom. The van der Waals surface area contributed by atoms with Gasteiger partial charge < -0.3 is 5.32 Å². The lowest BCUT2D eigenvalue weighted by Crippen LogP contribution is -2.49. The highest BCUT2D eigenvalue weighted by Gasteiger charge is 2.28. The molecule has 1 amide bonds. The zero-order valence-electron chi connectivity index (χ0n) is 13.3. The molecule has 3 rings (SSSR count). The average Bonchev–Trinajstić information content (AvgIpc) is 3.09. The molecule has 0 spiro atoms. The number of carbonyl (C=O) groups is 1. The number of likely N-dealkylation sites (tertiary alicyclic amines) is 1. The molecule has 1 fully saturated rings. The maximum atomic E-state index is 12.6. The molecule has 0 saturated carbocycles. The first-order chi connectivity index (χ1) is 11.3. The molecule has 23 heavy (non-hydrogen) atoms. The molecule has 1 atom stereocenters. The third-order valence-electron chi connectivity index (χ3n) is 4.27. The van der Waals surface area contributed by atoms with Gasteiger partial charge in [-0.3, -0.25) is 9.69 Å². The van der Waals surface area contributed by atoms with Gasteiger partial charge in [-0.1, -0.05) is 36.8 Å². The van der Waals surface area contributed by atoms with Crippen LogP contribution in [0.5, 0.6) is 0 Å². The Hall–Kier alpha value is -1.72. The Kier molecular flexibility index (Phi) is 5.77. The highest BCUT2D eigenvalue weighted by molar-refractivity contribution is 7.09. The third kappa shape index (κ3) is 4.62. The monoisotopic (exact) mass is 329 g/mol. The van der Waals surface area contributed by atoms with Crippen molar-refractivity contribution >= 4 is 17.2 Å². The van der Waals surface area contributed by atoms with Crippen LogP contribution in [0.2, 0.25) is 0 Å². The summed E-state index contributed by atoms with van der Waals surface area (Å²) in [7, 11) is 0. The van der Waals surface area contributed by atoms with Crippen molar-refractivity contribution in [3.8, 4) is 0 Å². The van der Waals surface area contributed by atoms with E-state index in [1.54, 1.807) is 11.3 Å². The van der Waals surface area contributed by atoms with Crippen LogP contribution in [0.1, 0.15) is 29.8 Å². The Labute approximate surface area is 141 Å². The summed E-state index contributed by atoms with van der Waals surface area (Å²) in [5, 5.41) is 6.14. The van der Waals surface area contributed by atoms with Crippen molar-refractivity contribution in [1.82, 2.24) is 15.2 Å². The maximum Gasteiger partial charge on any atom is 0.237 e. The van der Waals surface area contributed by atoms with Crippen LogP contribution in [0.3, 0.4) is 0 Å². The number of nitrogens with zero attached hydrogens (tertiary/aromatic N) is 2. The lowest BCUT2D eigenvalue weighted by atomic mass is 10.0. The van der Waals surface area contributed by atoms with Crippen LogP contribution in [0.25, 0.3) is 0 Å². The summed E-state index contributed by atoms with van der Waals surface area (Å²) < 4.78 is 0. The molecule has 1 aliphatic rings. The molecule has 5 heteroatoms. The SMILES string of the molecule is O=C(NCCc1nccs1)[C@H]1CCCCN1Cc1ccccc1. The van der Waals surface area contributed by atoms with E-state index >= 15 is 0 Å². The van der Waals surface area contributed by atoms with Crippen LogP contribution < -0.4 is 5.32 Å². The summed E-state index contributed by atoms with van der Waals surface area (Å²) in [4.78, 5) is 19.1. The van der Waals surface area contributed by atoms with E-state index in [0.717, 1.165) is 37.4 Å². The van der Waals surface area contributed by atoms with Crippen LogP contribution in [0, 0.1) is 0 Å². The fourth-order valence-corrected chi connectivity index (χ4v) is 3.70. The first-order valence-corrected chi connectivity index (χ1v) is 9.15. The summed E-state index contributed by atoms with van der Waals surface area (Å²) >= 11 is 1.64. The normalized spacial score (nSPS) is 18.7. The van der Waals surface area contributed by atoms with E-state index in [9.17, 15) is 4.79 Å². The molecule has 1 aromatic heterocycles. The number of hydrogen-bond donors (Lipinski definition) is 1. The molecule has 0 bridgehead atoms. The number of hydrogen-bond acceptors (Lipinski definition) is 4. The number of amides is 1. The van der Waals surface area contributed by atoms with Crippen molar-refractivity contribution in [1.29, 1.82) is 0 Å². The largest absolute Gasteiger partial charge is 0.354 e. The molecule has 1 N–H and O–H groups in total. The topological polar surface area (TPSA) is 45.2 Å². The van der Waals surface area contributed by atoms with Gasteiger partial charge in [-0.2, -0.15) is 0 Å². The van der Waals surface area contributed by atoms with Crippen molar-refractivity contribution < 1.29 is 4.79 Å². The van der Waals surface area contributed by atoms with Crippen molar-refractivity contribution in [2.75, 3.05) is 13.1 Å². The number of nitrogens with one attached hydrogen (secondary N) is 1. The number of piperidine rings is 1. The number of aromatic nitrogens is 1.